The Morgan fingerprint density at radius 3 is 2.44 bits per heavy atom. The molecule has 3 aromatic rings. The number of carbonyl (C=O) groups is 3. The molecule has 0 aliphatic carbocycles. The molecule has 4 N–H and O–H groups in total. The number of rotatable bonds is 29. The van der Waals surface area contributed by atoms with Crippen LogP contribution in [0.5, 0.6) is 5.75 Å². The molecule has 0 saturated heterocycles. The number of aliphatic carboxylic acids is 1. The zero-order valence-corrected chi connectivity index (χ0v) is 40.1. The minimum absolute atomic E-state index is 0.0204. The van der Waals surface area contributed by atoms with E-state index in [0.717, 1.165) is 87.2 Å². The molecular formula is C46H57N7O13S2. The summed E-state index contributed by atoms with van der Waals surface area (Å²) in [5, 5.41) is 44.5. The number of amides is 2. The first kappa shape index (κ1) is 53.5. The summed E-state index contributed by atoms with van der Waals surface area (Å²) in [5.74, 6) is -1.28. The van der Waals surface area contributed by atoms with Crippen LogP contribution >= 0.6 is 24.1 Å². The first-order chi connectivity index (χ1) is 32.7. The van der Waals surface area contributed by atoms with Crippen molar-refractivity contribution in [3.8, 4) is 5.75 Å². The highest BCUT2D eigenvalue weighted by Crippen LogP contribution is 2.49. The summed E-state index contributed by atoms with van der Waals surface area (Å²) < 4.78 is 27.6. The predicted molar refractivity (Wildman–Crippen MR) is 251 cm³/mol. The molecule has 2 amide bonds. The second kappa shape index (κ2) is 26.3. The zero-order valence-electron chi connectivity index (χ0n) is 38.5. The van der Waals surface area contributed by atoms with Gasteiger partial charge in [-0.1, -0.05) is 36.1 Å². The average Bonchev–Trinajstić information content (AvgIpc) is 3.67. The Morgan fingerprint density at radius 2 is 1.71 bits per heavy atom. The van der Waals surface area contributed by atoms with Gasteiger partial charge < -0.3 is 40.1 Å². The molecule has 2 aliphatic rings. The molecule has 2 heterocycles. The van der Waals surface area contributed by atoms with Crippen LogP contribution in [0, 0.1) is 0 Å². The van der Waals surface area contributed by atoms with Gasteiger partial charge in [-0.05, 0) is 99.3 Å². The Balaban J connectivity index is 1.13. The van der Waals surface area contributed by atoms with Crippen LogP contribution in [0.15, 0.2) is 99.5 Å². The number of benzene rings is 3. The SMILES string of the molecule is CCN1/C(=C/C=C/C2=[N+](CCCCCC(=O)NCCNC(=O)c3cccc(OCC(N=[N+]=[N-])OCCOCC(=O)O)c3)c3ccc(SOO[O-])cc3C2(C)C)C(C)(C)c2cc(SOOO)ccc21. The van der Waals surface area contributed by atoms with Crippen LogP contribution in [0.2, 0.25) is 0 Å². The third-order valence-electron chi connectivity index (χ3n) is 11.3. The molecule has 22 heteroatoms. The molecule has 5 rings (SSSR count). The molecule has 0 fully saturated rings. The lowest BCUT2D eigenvalue weighted by Gasteiger charge is -2.25. The van der Waals surface area contributed by atoms with Crippen LogP contribution in [-0.2, 0) is 48.6 Å². The van der Waals surface area contributed by atoms with Crippen molar-refractivity contribution in [2.24, 2.45) is 5.11 Å². The number of allylic oxidation sites excluding steroid dienone is 4. The smallest absolute Gasteiger partial charge is 0.329 e. The maximum absolute atomic E-state index is 12.9. The van der Waals surface area contributed by atoms with Crippen molar-refractivity contribution >= 4 is 59.0 Å². The lowest BCUT2D eigenvalue weighted by Crippen LogP contribution is -2.34. The van der Waals surface area contributed by atoms with E-state index < -0.39 is 24.2 Å². The fourth-order valence-corrected chi connectivity index (χ4v) is 8.90. The molecule has 0 spiro atoms. The van der Waals surface area contributed by atoms with Gasteiger partial charge in [0.2, 0.25) is 11.6 Å². The number of likely N-dealkylation sites (N-methyl/N-ethyl adjacent to an activating group) is 1. The molecular weight excluding hydrogens is 923 g/mol. The van der Waals surface area contributed by atoms with Gasteiger partial charge in [-0.2, -0.15) is 8.91 Å². The molecule has 0 bridgehead atoms. The first-order valence-corrected chi connectivity index (χ1v) is 23.3. The molecule has 68 heavy (non-hydrogen) atoms. The van der Waals surface area contributed by atoms with Gasteiger partial charge >= 0.3 is 5.97 Å². The van der Waals surface area contributed by atoms with Crippen molar-refractivity contribution in [1.82, 2.24) is 10.6 Å². The molecule has 0 saturated carbocycles. The maximum Gasteiger partial charge on any atom is 0.329 e. The lowest BCUT2D eigenvalue weighted by molar-refractivity contribution is -0.777. The summed E-state index contributed by atoms with van der Waals surface area (Å²) in [6.45, 7) is 12.0. The zero-order chi connectivity index (χ0) is 49.1. The van der Waals surface area contributed by atoms with Gasteiger partial charge in [0.05, 0.1) is 42.7 Å². The van der Waals surface area contributed by atoms with Crippen molar-refractivity contribution < 1.29 is 67.5 Å². The Hall–Kier alpha value is -5.49. The number of carboxylic acid groups (broad SMARTS) is 1. The van der Waals surface area contributed by atoms with E-state index in [1.807, 2.05) is 36.4 Å². The monoisotopic (exact) mass is 979 g/mol. The summed E-state index contributed by atoms with van der Waals surface area (Å²) in [4.78, 5) is 42.7. The normalized spacial score (nSPS) is 15.6. The minimum Gasteiger partial charge on any atom is -0.691 e. The molecule has 0 aromatic heterocycles. The average molecular weight is 980 g/mol. The highest BCUT2D eigenvalue weighted by atomic mass is 32.2. The van der Waals surface area contributed by atoms with E-state index in [4.69, 9.17) is 34.4 Å². The number of hydrogen-bond acceptors (Lipinski definition) is 16. The van der Waals surface area contributed by atoms with Gasteiger partial charge in [0.25, 0.3) is 5.91 Å². The van der Waals surface area contributed by atoms with Crippen LogP contribution in [0.25, 0.3) is 10.4 Å². The van der Waals surface area contributed by atoms with Crippen molar-refractivity contribution in [3.63, 3.8) is 0 Å². The van der Waals surface area contributed by atoms with E-state index in [9.17, 15) is 19.6 Å². The first-order valence-electron chi connectivity index (χ1n) is 21.9. The molecule has 366 valence electrons. The summed E-state index contributed by atoms with van der Waals surface area (Å²) in [7, 11) is 0. The van der Waals surface area contributed by atoms with E-state index in [0.29, 0.717) is 30.7 Å². The van der Waals surface area contributed by atoms with Gasteiger partial charge in [-0.15, -0.1) is 4.33 Å². The lowest BCUT2D eigenvalue weighted by atomic mass is 9.81. The Bertz CT molecular complexity index is 2370. The van der Waals surface area contributed by atoms with Gasteiger partial charge in [0.1, 0.15) is 25.5 Å². The Kier molecular flexibility index (Phi) is 20.7. The molecule has 1 atom stereocenters. The largest absolute Gasteiger partial charge is 0.691 e. The van der Waals surface area contributed by atoms with E-state index in [1.165, 1.54) is 6.07 Å². The Labute approximate surface area is 403 Å². The number of ether oxygens (including phenoxy) is 3. The van der Waals surface area contributed by atoms with Crippen LogP contribution in [-0.4, -0.2) is 97.3 Å². The van der Waals surface area contributed by atoms with Gasteiger partial charge in [-0.3, -0.25) is 14.6 Å². The van der Waals surface area contributed by atoms with E-state index in [1.54, 1.807) is 18.2 Å². The van der Waals surface area contributed by atoms with Crippen molar-refractivity contribution in [3.05, 3.63) is 112 Å². The number of carbonyl (C=O) groups excluding carboxylic acids is 2. The predicted octanol–water partition coefficient (Wildman–Crippen LogP) is 7.22. The third kappa shape index (κ3) is 14.5. The number of azide groups is 1. The standard InChI is InChI=1S/C46H57N7O13S2/c1-6-52-37-19-17-33(67-65-63-58)27-35(37)45(2,3)39(52)14-11-15-40-46(4,5)36-28-34(68-66-64-59)18-20-38(36)53(40)23-9-7-8-16-41(54)48-21-22-49-44(57)31-12-10-13-32(26-31)62-29-42(50-51-47)61-25-24-60-30-43(55)56/h10-15,17-20,26-28,42H,6-9,16,21-25,29-30H2,1-5H3,(H4-,48,49,54,55,56,57,58,59). The quantitative estimate of drug-likeness (QED) is 0.00782. The minimum atomic E-state index is -1.12. The van der Waals surface area contributed by atoms with Crippen LogP contribution in [0.1, 0.15) is 81.8 Å². The number of unbranched alkanes of at least 4 members (excludes halogenated alkanes) is 2. The maximum atomic E-state index is 12.9. The van der Waals surface area contributed by atoms with Crippen molar-refractivity contribution in [2.75, 3.05) is 57.5 Å². The second-order valence-electron chi connectivity index (χ2n) is 16.5. The fraction of sp³-hybridized carbons (Fsp3) is 0.435. The topological polar surface area (TPSA) is 258 Å². The number of hydrogen-bond donors (Lipinski definition) is 4. The van der Waals surface area contributed by atoms with E-state index in [2.05, 4.69) is 97.4 Å². The van der Waals surface area contributed by atoms with Crippen molar-refractivity contribution in [2.45, 2.75) is 87.2 Å². The number of fused-ring (bicyclic) bond motifs is 2. The number of nitrogens with one attached hydrogen (secondary N) is 2. The Morgan fingerprint density at radius 1 is 0.956 bits per heavy atom. The molecule has 3 aromatic carbocycles. The third-order valence-corrected chi connectivity index (χ3v) is 12.5. The van der Waals surface area contributed by atoms with Crippen LogP contribution in [0.3, 0.4) is 0 Å². The summed E-state index contributed by atoms with van der Waals surface area (Å²) in [5.41, 5.74) is 15.0. The summed E-state index contributed by atoms with van der Waals surface area (Å²) in [6.07, 6.45) is 8.00. The summed E-state index contributed by atoms with van der Waals surface area (Å²) in [6, 6.07) is 18.3. The molecule has 1 unspecified atom stereocenters. The number of nitrogens with zero attached hydrogens (tertiary/aromatic N) is 5. The second-order valence-corrected chi connectivity index (χ2v) is 18.0. The number of carboxylic acids is 1. The number of anilines is 1. The van der Waals surface area contributed by atoms with Crippen LogP contribution in [0.4, 0.5) is 11.4 Å². The molecule has 20 nitrogen and oxygen atoms in total. The molecule has 2 aliphatic heterocycles. The van der Waals surface area contributed by atoms with E-state index in [-0.39, 0.29) is 50.1 Å². The molecule has 0 radical (unpaired) electrons. The highest BCUT2D eigenvalue weighted by molar-refractivity contribution is 7.94. The van der Waals surface area contributed by atoms with Gasteiger partial charge in [0.15, 0.2) is 11.9 Å². The van der Waals surface area contributed by atoms with Crippen molar-refractivity contribution in [1.29, 1.82) is 0 Å². The van der Waals surface area contributed by atoms with E-state index >= 15 is 0 Å². The van der Waals surface area contributed by atoms with Crippen LogP contribution < -0.4 is 25.5 Å². The fourth-order valence-electron chi connectivity index (χ4n) is 8.10. The van der Waals surface area contributed by atoms with Gasteiger partial charge in [0, 0.05) is 87.2 Å². The van der Waals surface area contributed by atoms with Gasteiger partial charge in [-0.25, -0.2) is 10.1 Å². The highest BCUT2D eigenvalue weighted by Gasteiger charge is 2.45. The summed E-state index contributed by atoms with van der Waals surface area (Å²) >= 11 is 1.78.